The van der Waals surface area contributed by atoms with Crippen LogP contribution in [-0.2, 0) is 23.5 Å². The number of ether oxygens (including phenoxy) is 1. The van der Waals surface area contributed by atoms with Gasteiger partial charge < -0.3 is 14.1 Å². The molecule has 0 aromatic rings. The summed E-state index contributed by atoms with van der Waals surface area (Å²) >= 11 is 0. The predicted molar refractivity (Wildman–Crippen MR) is 113 cm³/mol. The molecule has 0 N–H and O–H groups in total. The van der Waals surface area contributed by atoms with Crippen molar-refractivity contribution in [2.45, 2.75) is 71.1 Å². The topological polar surface area (TPSA) is 72.9 Å². The first-order valence-electron chi connectivity index (χ1n) is 10.5. The quantitative estimate of drug-likeness (QED) is 0.295. The summed E-state index contributed by atoms with van der Waals surface area (Å²) < 4.78 is 11.5. The van der Waals surface area contributed by atoms with Crippen LogP contribution in [-0.4, -0.2) is 57.2 Å². The minimum Gasteiger partial charge on any atom is -0.468 e. The lowest BCUT2D eigenvalue weighted by Crippen LogP contribution is -2.56. The highest BCUT2D eigenvalue weighted by molar-refractivity contribution is 6.74. The number of hydrogen-bond donors (Lipinski definition) is 0. The fourth-order valence-corrected chi connectivity index (χ4v) is 6.37. The van der Waals surface area contributed by atoms with Gasteiger partial charge in [-0.1, -0.05) is 34.3 Å². The van der Waals surface area contributed by atoms with E-state index in [4.69, 9.17) is 9.16 Å². The first-order chi connectivity index (χ1) is 13.2. The van der Waals surface area contributed by atoms with Crippen LogP contribution >= 0.6 is 0 Å². The van der Waals surface area contributed by atoms with E-state index in [9.17, 15) is 14.4 Å². The summed E-state index contributed by atoms with van der Waals surface area (Å²) in [6.07, 6.45) is 0.986. The molecule has 4 atom stereocenters. The Morgan fingerprint density at radius 3 is 2.48 bits per heavy atom. The van der Waals surface area contributed by atoms with Gasteiger partial charge in [0.25, 0.3) is 0 Å². The van der Waals surface area contributed by atoms with Crippen molar-refractivity contribution in [3.63, 3.8) is 0 Å². The molecule has 3 rings (SSSR count). The van der Waals surface area contributed by atoms with Gasteiger partial charge in [0.15, 0.2) is 13.7 Å². The smallest absolute Gasteiger partial charge is 0.322 e. The Morgan fingerprint density at radius 1 is 1.31 bits per heavy atom. The largest absolute Gasteiger partial charge is 0.468 e. The van der Waals surface area contributed by atoms with Crippen LogP contribution in [0.5, 0.6) is 0 Å². The number of nitrogens with zero attached hydrogens (tertiary/aromatic N) is 1. The molecule has 2 heterocycles. The Bertz CT molecular complexity index is 770. The zero-order valence-electron chi connectivity index (χ0n) is 18.9. The molecule has 1 saturated carbocycles. The number of methoxy groups -OCH3 is 1. The van der Waals surface area contributed by atoms with Crippen LogP contribution < -0.4 is 0 Å². The number of esters is 1. The average molecular weight is 422 g/mol. The van der Waals surface area contributed by atoms with Gasteiger partial charge in [-0.25, -0.2) is 0 Å². The minimum absolute atomic E-state index is 0.0261. The van der Waals surface area contributed by atoms with Crippen molar-refractivity contribution in [3.8, 4) is 0 Å². The monoisotopic (exact) mass is 421 g/mol. The molecular weight excluding hydrogens is 386 g/mol. The molecule has 1 aliphatic carbocycles. The van der Waals surface area contributed by atoms with Crippen molar-refractivity contribution >= 4 is 26.0 Å². The molecule has 0 unspecified atom stereocenters. The summed E-state index contributed by atoms with van der Waals surface area (Å²) in [5.74, 6) is -0.893. The Hall–Kier alpha value is -1.47. The summed E-state index contributed by atoms with van der Waals surface area (Å²) in [6.45, 7) is 17.4. The number of hydrogen-bond acceptors (Lipinski definition) is 5. The van der Waals surface area contributed by atoms with Crippen molar-refractivity contribution in [1.29, 1.82) is 0 Å². The summed E-state index contributed by atoms with van der Waals surface area (Å²) in [4.78, 5) is 41.5. The normalized spacial score (nSPS) is 34.6. The van der Waals surface area contributed by atoms with Gasteiger partial charge in [0.1, 0.15) is 5.78 Å². The lowest BCUT2D eigenvalue weighted by atomic mass is 9.54. The van der Waals surface area contributed by atoms with Crippen molar-refractivity contribution < 1.29 is 23.5 Å². The lowest BCUT2D eigenvalue weighted by Gasteiger charge is -2.49. The van der Waals surface area contributed by atoms with Crippen LogP contribution in [0.3, 0.4) is 0 Å². The summed E-state index contributed by atoms with van der Waals surface area (Å²) in [6, 6.07) is -0.143. The molecule has 2 bridgehead atoms. The molecule has 7 heteroatoms. The Labute approximate surface area is 175 Å². The van der Waals surface area contributed by atoms with Gasteiger partial charge >= 0.3 is 5.97 Å². The van der Waals surface area contributed by atoms with E-state index in [-0.39, 0.29) is 41.5 Å². The van der Waals surface area contributed by atoms with E-state index >= 15 is 0 Å². The number of amides is 1. The Kier molecular flexibility index (Phi) is 5.19. The average Bonchev–Trinajstić information content (AvgIpc) is 2.79. The third kappa shape index (κ3) is 2.95. The highest BCUT2D eigenvalue weighted by atomic mass is 28.4. The number of fused-ring (bicyclic) bond motifs is 1. The number of carbonyl (C=O) groups is 3. The first-order valence-corrected chi connectivity index (χ1v) is 13.4. The van der Waals surface area contributed by atoms with Gasteiger partial charge in [-0.05, 0) is 36.5 Å². The second-order valence-corrected chi connectivity index (χ2v) is 15.5. The second-order valence-electron chi connectivity index (χ2n) is 10.7. The van der Waals surface area contributed by atoms with E-state index in [1.807, 2.05) is 6.92 Å². The minimum atomic E-state index is -2.04. The maximum Gasteiger partial charge on any atom is 0.322 e. The zero-order chi connectivity index (χ0) is 22.0. The van der Waals surface area contributed by atoms with E-state index in [0.29, 0.717) is 19.6 Å². The molecule has 0 radical (unpaired) electrons. The number of piperidine rings is 1. The molecule has 0 spiro atoms. The molecule has 2 saturated heterocycles. The van der Waals surface area contributed by atoms with E-state index in [0.717, 1.165) is 5.57 Å². The Morgan fingerprint density at radius 2 is 1.93 bits per heavy atom. The van der Waals surface area contributed by atoms with Gasteiger partial charge in [0, 0.05) is 36.9 Å². The summed E-state index contributed by atoms with van der Waals surface area (Å²) in [7, 11) is -0.726. The lowest BCUT2D eigenvalue weighted by molar-refractivity contribution is -0.167. The summed E-state index contributed by atoms with van der Waals surface area (Å²) in [5.41, 5.74) is -1.40. The van der Waals surface area contributed by atoms with E-state index in [2.05, 4.69) is 40.4 Å². The van der Waals surface area contributed by atoms with Crippen molar-refractivity contribution in [2.24, 2.45) is 16.7 Å². The first kappa shape index (κ1) is 22.2. The number of rotatable bonds is 5. The van der Waals surface area contributed by atoms with E-state index in [1.165, 1.54) is 7.11 Å². The standard InChI is InChI=1S/C22H35NO5Si/c1-14-13-23-17-11-15(14)16(24)12-21(17,5)22(18(23)25,19(26)27-6)9-10-28-29(7,8)20(2,3)4/h15,17H,1,9-13H2,2-8H3/t15-,17-,21+,22-/m1/s1. The van der Waals surface area contributed by atoms with Gasteiger partial charge in [-0.2, -0.15) is 0 Å². The molecule has 3 aliphatic rings. The number of Topliss-reactive ketones (excluding diaryl/α,β-unsaturated/α-hetero) is 1. The highest BCUT2D eigenvalue weighted by Gasteiger charge is 2.73. The van der Waals surface area contributed by atoms with Gasteiger partial charge in [0.2, 0.25) is 5.91 Å². The van der Waals surface area contributed by atoms with Crippen LogP contribution in [0.15, 0.2) is 12.2 Å². The van der Waals surface area contributed by atoms with Crippen molar-refractivity contribution in [1.82, 2.24) is 4.90 Å². The summed E-state index contributed by atoms with van der Waals surface area (Å²) in [5, 5.41) is 0.0261. The van der Waals surface area contributed by atoms with Gasteiger partial charge in [0.05, 0.1) is 7.11 Å². The van der Waals surface area contributed by atoms with E-state index in [1.54, 1.807) is 4.90 Å². The van der Waals surface area contributed by atoms with Crippen LogP contribution in [0.2, 0.25) is 18.1 Å². The predicted octanol–water partition coefficient (Wildman–Crippen LogP) is 3.32. The molecule has 0 aromatic carbocycles. The van der Waals surface area contributed by atoms with Crippen LogP contribution in [0.25, 0.3) is 0 Å². The SMILES string of the molecule is C=C1CN2C(=O)[C@](CCO[Si](C)(C)C(C)(C)C)(C(=O)OC)[C@@]3(C)CC(=O)[C@@H]1C[C@@H]23. The second kappa shape index (κ2) is 6.77. The Balaban J connectivity index is 1.99. The molecular formula is C22H35NO5Si. The van der Waals surface area contributed by atoms with Crippen molar-refractivity contribution in [2.75, 3.05) is 20.3 Å². The number of carbonyl (C=O) groups excluding carboxylic acids is 3. The molecule has 3 fully saturated rings. The molecule has 1 amide bonds. The maximum absolute atomic E-state index is 13.7. The molecule has 162 valence electrons. The fraction of sp³-hybridized carbons (Fsp3) is 0.773. The molecule has 0 aromatic heterocycles. The third-order valence-corrected chi connectivity index (χ3v) is 12.8. The molecule has 6 nitrogen and oxygen atoms in total. The van der Waals surface area contributed by atoms with Crippen LogP contribution in [0.1, 0.15) is 47.0 Å². The van der Waals surface area contributed by atoms with Gasteiger partial charge in [-0.15, -0.1) is 0 Å². The highest BCUT2D eigenvalue weighted by Crippen LogP contribution is 2.62. The maximum atomic E-state index is 13.7. The van der Waals surface area contributed by atoms with Gasteiger partial charge in [-0.3, -0.25) is 14.4 Å². The number of ketones is 1. The van der Waals surface area contributed by atoms with E-state index < -0.39 is 25.1 Å². The molecule has 29 heavy (non-hydrogen) atoms. The van der Waals surface area contributed by atoms with Crippen LogP contribution in [0.4, 0.5) is 0 Å². The molecule has 2 aliphatic heterocycles. The third-order valence-electron chi connectivity index (χ3n) is 8.25. The zero-order valence-corrected chi connectivity index (χ0v) is 19.9. The fourth-order valence-electron chi connectivity index (χ4n) is 5.33. The van der Waals surface area contributed by atoms with Crippen LogP contribution in [0, 0.1) is 16.7 Å². The van der Waals surface area contributed by atoms with Crippen molar-refractivity contribution in [3.05, 3.63) is 12.2 Å².